The third-order valence-electron chi connectivity index (χ3n) is 11.0. The van der Waals surface area contributed by atoms with Gasteiger partial charge in [0.15, 0.2) is 0 Å². The minimum atomic E-state index is -1.16. The van der Waals surface area contributed by atoms with Crippen molar-refractivity contribution in [1.29, 1.82) is 0 Å². The Bertz CT molecular complexity index is 784. The Morgan fingerprint density at radius 2 is 0.755 bits per heavy atom. The molecule has 0 saturated heterocycles. The van der Waals surface area contributed by atoms with Crippen LogP contribution in [0, 0.1) is 0 Å². The molecular formula is C48H93NO4. The van der Waals surface area contributed by atoms with Crippen molar-refractivity contribution in [3.63, 3.8) is 0 Å². The number of aliphatic hydroxyl groups is 3. The zero-order valence-corrected chi connectivity index (χ0v) is 35.7. The molecule has 0 fully saturated rings. The van der Waals surface area contributed by atoms with Gasteiger partial charge in [-0.25, -0.2) is 0 Å². The van der Waals surface area contributed by atoms with Crippen LogP contribution in [0.2, 0.25) is 0 Å². The van der Waals surface area contributed by atoms with Gasteiger partial charge in [-0.2, -0.15) is 0 Å². The van der Waals surface area contributed by atoms with Crippen LogP contribution in [0.3, 0.4) is 0 Å². The van der Waals surface area contributed by atoms with Crippen LogP contribution < -0.4 is 5.32 Å². The topological polar surface area (TPSA) is 89.8 Å². The third kappa shape index (κ3) is 38.9. The molecule has 53 heavy (non-hydrogen) atoms. The number of nitrogens with one attached hydrogen (secondary N) is 1. The summed E-state index contributed by atoms with van der Waals surface area (Å²) in [4.78, 5) is 12.4. The molecule has 0 aliphatic heterocycles. The normalized spacial score (nSPS) is 13.7. The molecule has 0 saturated carbocycles. The first-order valence-electron chi connectivity index (χ1n) is 23.6. The van der Waals surface area contributed by atoms with Gasteiger partial charge in [0.25, 0.3) is 0 Å². The van der Waals surface area contributed by atoms with Crippen molar-refractivity contribution >= 4 is 5.91 Å². The predicted octanol–water partition coefficient (Wildman–Crippen LogP) is 13.8. The minimum absolute atomic E-state index is 0.157. The summed E-state index contributed by atoms with van der Waals surface area (Å²) in [7, 11) is 0. The maximum Gasteiger partial charge on any atom is 0.220 e. The first kappa shape index (κ1) is 51.8. The second kappa shape index (κ2) is 43.6. The zero-order valence-electron chi connectivity index (χ0n) is 35.7. The summed E-state index contributed by atoms with van der Waals surface area (Å²) in [6.45, 7) is 4.18. The van der Waals surface area contributed by atoms with Gasteiger partial charge in [-0.3, -0.25) is 4.79 Å². The molecule has 3 unspecified atom stereocenters. The van der Waals surface area contributed by atoms with E-state index in [9.17, 15) is 20.1 Å². The molecule has 0 aromatic carbocycles. The third-order valence-corrected chi connectivity index (χ3v) is 11.0. The van der Waals surface area contributed by atoms with Crippen LogP contribution in [0.15, 0.2) is 24.3 Å². The van der Waals surface area contributed by atoms with Gasteiger partial charge in [0.05, 0.1) is 18.8 Å². The van der Waals surface area contributed by atoms with E-state index in [2.05, 4.69) is 43.5 Å². The van der Waals surface area contributed by atoms with E-state index in [4.69, 9.17) is 0 Å². The van der Waals surface area contributed by atoms with E-state index in [1.165, 1.54) is 186 Å². The molecule has 5 nitrogen and oxygen atoms in total. The van der Waals surface area contributed by atoms with Crippen molar-refractivity contribution in [2.75, 3.05) is 6.61 Å². The summed E-state index contributed by atoms with van der Waals surface area (Å²) in [5, 5.41) is 33.6. The van der Waals surface area contributed by atoms with Crippen molar-refractivity contribution < 1.29 is 20.1 Å². The summed E-state index contributed by atoms with van der Waals surface area (Å²) < 4.78 is 0. The van der Waals surface area contributed by atoms with Gasteiger partial charge < -0.3 is 20.6 Å². The molecule has 314 valence electrons. The molecule has 0 aliphatic rings. The molecule has 0 bridgehead atoms. The van der Waals surface area contributed by atoms with Gasteiger partial charge >= 0.3 is 0 Å². The molecule has 4 N–H and O–H groups in total. The molecule has 1 amide bonds. The van der Waals surface area contributed by atoms with Crippen LogP contribution in [-0.4, -0.2) is 46.1 Å². The lowest BCUT2D eigenvalue weighted by atomic mass is 10.0. The number of allylic oxidation sites excluding steroid dienone is 4. The fraction of sp³-hybridized carbons (Fsp3) is 0.896. The second-order valence-corrected chi connectivity index (χ2v) is 16.3. The molecule has 5 heteroatoms. The predicted molar refractivity (Wildman–Crippen MR) is 231 cm³/mol. The van der Waals surface area contributed by atoms with Crippen LogP contribution in [0.4, 0.5) is 0 Å². The van der Waals surface area contributed by atoms with E-state index < -0.39 is 18.2 Å². The monoisotopic (exact) mass is 748 g/mol. The van der Waals surface area contributed by atoms with Gasteiger partial charge in [0, 0.05) is 6.42 Å². The molecule has 0 rings (SSSR count). The average molecular weight is 748 g/mol. The summed E-state index contributed by atoms with van der Waals surface area (Å²) in [5.41, 5.74) is 0. The van der Waals surface area contributed by atoms with Gasteiger partial charge in [-0.05, 0) is 64.2 Å². The van der Waals surface area contributed by atoms with E-state index >= 15 is 0 Å². The number of carbonyl (C=O) groups excluding carboxylic acids is 1. The SMILES string of the molecule is CCCCCCCCCCC/C=C\CCCCCCCCCC(=O)NC(CO)C(O)C(O)CCC/C=C/CCCCCCCCCCCCCCCC. The summed E-state index contributed by atoms with van der Waals surface area (Å²) in [6.07, 6.45) is 52.9. The second-order valence-electron chi connectivity index (χ2n) is 16.3. The highest BCUT2D eigenvalue weighted by atomic mass is 16.3. The highest BCUT2D eigenvalue weighted by molar-refractivity contribution is 5.76. The Kier molecular flexibility index (Phi) is 42.6. The van der Waals surface area contributed by atoms with Crippen LogP contribution in [0.5, 0.6) is 0 Å². The Morgan fingerprint density at radius 1 is 0.453 bits per heavy atom. The molecule has 0 aromatic rings. The summed E-state index contributed by atoms with van der Waals surface area (Å²) >= 11 is 0. The number of hydrogen-bond acceptors (Lipinski definition) is 4. The van der Waals surface area contributed by atoms with Crippen LogP contribution in [0.25, 0.3) is 0 Å². The Morgan fingerprint density at radius 3 is 1.09 bits per heavy atom. The maximum atomic E-state index is 12.4. The molecule has 0 radical (unpaired) electrons. The van der Waals surface area contributed by atoms with E-state index in [0.29, 0.717) is 12.8 Å². The van der Waals surface area contributed by atoms with Crippen molar-refractivity contribution in [3.8, 4) is 0 Å². The molecule has 0 spiro atoms. The van der Waals surface area contributed by atoms with E-state index in [1.54, 1.807) is 0 Å². The number of carbonyl (C=O) groups is 1. The fourth-order valence-corrected chi connectivity index (χ4v) is 7.33. The Hall–Kier alpha value is -1.17. The minimum Gasteiger partial charge on any atom is -0.394 e. The van der Waals surface area contributed by atoms with E-state index in [-0.39, 0.29) is 12.5 Å². The Labute approximate surface area is 331 Å². The van der Waals surface area contributed by atoms with Gasteiger partial charge in [0.2, 0.25) is 5.91 Å². The highest BCUT2D eigenvalue weighted by Gasteiger charge is 2.26. The van der Waals surface area contributed by atoms with E-state index in [0.717, 1.165) is 38.5 Å². The Balaban J connectivity index is 3.64. The van der Waals surface area contributed by atoms with Crippen LogP contribution >= 0.6 is 0 Å². The molecule has 3 atom stereocenters. The zero-order chi connectivity index (χ0) is 38.7. The average Bonchev–Trinajstić information content (AvgIpc) is 3.16. The van der Waals surface area contributed by atoms with Gasteiger partial charge in [-0.15, -0.1) is 0 Å². The number of aliphatic hydroxyl groups excluding tert-OH is 3. The fourth-order valence-electron chi connectivity index (χ4n) is 7.33. The standard InChI is InChI=1S/C48H93NO4/c1-3-5-7-9-11-13-15-17-19-21-23-25-27-29-31-33-35-37-39-41-43-47(52)49-45(44-50)48(53)46(51)42-40-38-36-34-32-30-28-26-24-22-20-18-16-14-12-10-8-6-4-2/h23,25,34,36,45-46,48,50-51,53H,3-22,24,26-33,35,37-44H2,1-2H3,(H,49,52)/b25-23-,36-34+. The first-order valence-corrected chi connectivity index (χ1v) is 23.6. The van der Waals surface area contributed by atoms with Crippen LogP contribution in [0.1, 0.15) is 251 Å². The van der Waals surface area contributed by atoms with Crippen molar-refractivity contribution in [2.45, 2.75) is 270 Å². The smallest absolute Gasteiger partial charge is 0.220 e. The van der Waals surface area contributed by atoms with E-state index in [1.807, 2.05) is 0 Å². The lowest BCUT2D eigenvalue weighted by Crippen LogP contribution is -2.50. The quantitative estimate of drug-likeness (QED) is 0.0369. The number of unbranched alkanes of at least 4 members (excludes halogenated alkanes) is 31. The summed E-state index contributed by atoms with van der Waals surface area (Å²) in [6, 6.07) is -0.826. The van der Waals surface area contributed by atoms with Crippen LogP contribution in [-0.2, 0) is 4.79 Å². The highest BCUT2D eigenvalue weighted by Crippen LogP contribution is 2.16. The lowest BCUT2D eigenvalue weighted by Gasteiger charge is -2.26. The van der Waals surface area contributed by atoms with Gasteiger partial charge in [0.1, 0.15) is 6.10 Å². The molecule has 0 heterocycles. The number of amides is 1. The van der Waals surface area contributed by atoms with Crippen molar-refractivity contribution in [2.24, 2.45) is 0 Å². The molecule has 0 aliphatic carbocycles. The lowest BCUT2D eigenvalue weighted by molar-refractivity contribution is -0.124. The largest absolute Gasteiger partial charge is 0.394 e. The number of rotatable bonds is 43. The van der Waals surface area contributed by atoms with Crippen molar-refractivity contribution in [1.82, 2.24) is 5.32 Å². The summed E-state index contributed by atoms with van der Waals surface area (Å²) in [5.74, 6) is -0.157. The first-order chi connectivity index (χ1) is 26.1. The van der Waals surface area contributed by atoms with Gasteiger partial charge in [-0.1, -0.05) is 205 Å². The maximum absolute atomic E-state index is 12.4. The molecular weight excluding hydrogens is 655 g/mol. The number of hydrogen-bond donors (Lipinski definition) is 4. The molecule has 0 aromatic heterocycles. The van der Waals surface area contributed by atoms with Crippen molar-refractivity contribution in [3.05, 3.63) is 24.3 Å².